The van der Waals surface area contributed by atoms with Gasteiger partial charge in [-0.2, -0.15) is 0 Å². The summed E-state index contributed by atoms with van der Waals surface area (Å²) < 4.78 is 19.5. The average Bonchev–Trinajstić information content (AvgIpc) is 2.41. The van der Waals surface area contributed by atoms with E-state index in [9.17, 15) is 9.18 Å². The van der Waals surface area contributed by atoms with E-state index in [0.717, 1.165) is 10.5 Å². The predicted octanol–water partition coefficient (Wildman–Crippen LogP) is 3.63. The first-order valence-electron chi connectivity index (χ1n) is 5.95. The first-order valence-corrected chi connectivity index (χ1v) is 6.74. The third-order valence-corrected chi connectivity index (χ3v) is 2.95. The molecule has 0 aliphatic carbocycles. The van der Waals surface area contributed by atoms with Gasteiger partial charge in [0, 0.05) is 16.2 Å². The maximum absolute atomic E-state index is 13.7. The van der Waals surface area contributed by atoms with Crippen molar-refractivity contribution in [2.45, 2.75) is 6.92 Å². The molecule has 2 rings (SSSR count). The van der Waals surface area contributed by atoms with Crippen LogP contribution in [0.4, 0.5) is 10.2 Å². The fourth-order valence-corrected chi connectivity index (χ4v) is 1.91. The van der Waals surface area contributed by atoms with E-state index in [0.29, 0.717) is 12.4 Å². The van der Waals surface area contributed by atoms with Gasteiger partial charge in [-0.15, -0.1) is 0 Å². The lowest BCUT2D eigenvalue weighted by molar-refractivity contribution is 0.102. The standard InChI is InChI=1S/C14H12BrFN2O2/c1-2-20-12-4-3-9(7-11(12)16)14(19)18-13-8-10(15)5-6-17-13/h3-8H,2H2,1H3,(H,17,18,19). The molecule has 2 aromatic rings. The van der Waals surface area contributed by atoms with E-state index in [4.69, 9.17) is 4.74 Å². The zero-order valence-electron chi connectivity index (χ0n) is 10.7. The van der Waals surface area contributed by atoms with Crippen molar-refractivity contribution in [3.05, 3.63) is 52.4 Å². The van der Waals surface area contributed by atoms with E-state index in [2.05, 4.69) is 26.2 Å². The number of nitrogens with zero attached hydrogens (tertiary/aromatic N) is 1. The molecule has 6 heteroatoms. The van der Waals surface area contributed by atoms with E-state index in [-0.39, 0.29) is 11.3 Å². The normalized spacial score (nSPS) is 10.2. The van der Waals surface area contributed by atoms with Crippen LogP contribution in [0.2, 0.25) is 0 Å². The van der Waals surface area contributed by atoms with Crippen molar-refractivity contribution in [3.63, 3.8) is 0 Å². The fourth-order valence-electron chi connectivity index (χ4n) is 1.58. The van der Waals surface area contributed by atoms with Crippen LogP contribution in [-0.4, -0.2) is 17.5 Å². The van der Waals surface area contributed by atoms with Crippen LogP contribution in [-0.2, 0) is 0 Å². The first-order chi connectivity index (χ1) is 9.60. The number of amides is 1. The minimum absolute atomic E-state index is 0.129. The quantitative estimate of drug-likeness (QED) is 0.925. The molecule has 1 amide bonds. The fraction of sp³-hybridized carbons (Fsp3) is 0.143. The smallest absolute Gasteiger partial charge is 0.256 e. The van der Waals surface area contributed by atoms with E-state index < -0.39 is 11.7 Å². The van der Waals surface area contributed by atoms with Gasteiger partial charge in [0.2, 0.25) is 0 Å². The summed E-state index contributed by atoms with van der Waals surface area (Å²) in [6.45, 7) is 2.13. The van der Waals surface area contributed by atoms with E-state index >= 15 is 0 Å². The maximum atomic E-state index is 13.7. The van der Waals surface area contributed by atoms with Crippen molar-refractivity contribution >= 4 is 27.7 Å². The first kappa shape index (κ1) is 14.5. The second-order valence-corrected chi connectivity index (χ2v) is 4.81. The molecule has 1 heterocycles. The Morgan fingerprint density at radius 3 is 2.85 bits per heavy atom. The molecule has 0 radical (unpaired) electrons. The number of carbonyl (C=O) groups is 1. The molecule has 1 aromatic carbocycles. The molecule has 0 aliphatic heterocycles. The number of halogens is 2. The molecule has 1 aromatic heterocycles. The Kier molecular flexibility index (Phi) is 4.68. The number of anilines is 1. The number of nitrogens with one attached hydrogen (secondary N) is 1. The molecule has 0 unspecified atom stereocenters. The third-order valence-electron chi connectivity index (χ3n) is 2.46. The highest BCUT2D eigenvalue weighted by Gasteiger charge is 2.11. The van der Waals surface area contributed by atoms with E-state index in [1.165, 1.54) is 12.1 Å². The number of benzene rings is 1. The molecule has 0 saturated heterocycles. The number of hydrogen-bond acceptors (Lipinski definition) is 3. The number of pyridine rings is 1. The highest BCUT2D eigenvalue weighted by atomic mass is 79.9. The lowest BCUT2D eigenvalue weighted by atomic mass is 10.2. The van der Waals surface area contributed by atoms with Gasteiger partial charge in [0.15, 0.2) is 11.6 Å². The monoisotopic (exact) mass is 338 g/mol. The molecule has 0 fully saturated rings. The van der Waals surface area contributed by atoms with Crippen molar-refractivity contribution in [3.8, 4) is 5.75 Å². The summed E-state index contributed by atoms with van der Waals surface area (Å²) in [6.07, 6.45) is 1.55. The zero-order chi connectivity index (χ0) is 14.5. The van der Waals surface area contributed by atoms with Crippen molar-refractivity contribution < 1.29 is 13.9 Å². The summed E-state index contributed by atoms with van der Waals surface area (Å²) in [6, 6.07) is 7.47. The lowest BCUT2D eigenvalue weighted by Crippen LogP contribution is -2.13. The summed E-state index contributed by atoms with van der Waals surface area (Å²) in [5.74, 6) is -0.484. The summed E-state index contributed by atoms with van der Waals surface area (Å²) in [5.41, 5.74) is 0.202. The van der Waals surface area contributed by atoms with Crippen molar-refractivity contribution in [1.29, 1.82) is 0 Å². The van der Waals surface area contributed by atoms with Crippen molar-refractivity contribution in [2.24, 2.45) is 0 Å². The molecular weight excluding hydrogens is 327 g/mol. The number of rotatable bonds is 4. The molecule has 0 saturated carbocycles. The van der Waals surface area contributed by atoms with Crippen LogP contribution in [0.5, 0.6) is 5.75 Å². The second kappa shape index (κ2) is 6.47. The Labute approximate surface area is 124 Å². The molecule has 0 aliphatic rings. The average molecular weight is 339 g/mol. The van der Waals surface area contributed by atoms with Crippen LogP contribution >= 0.6 is 15.9 Å². The zero-order valence-corrected chi connectivity index (χ0v) is 12.3. The predicted molar refractivity (Wildman–Crippen MR) is 77.5 cm³/mol. The molecule has 0 atom stereocenters. The highest BCUT2D eigenvalue weighted by Crippen LogP contribution is 2.19. The van der Waals surface area contributed by atoms with Gasteiger partial charge in [0.1, 0.15) is 5.82 Å². The molecular formula is C14H12BrFN2O2. The summed E-state index contributed by atoms with van der Waals surface area (Å²) >= 11 is 3.28. The van der Waals surface area contributed by atoms with Gasteiger partial charge in [-0.05, 0) is 37.3 Å². The Morgan fingerprint density at radius 2 is 2.20 bits per heavy atom. The van der Waals surface area contributed by atoms with Crippen LogP contribution in [0.1, 0.15) is 17.3 Å². The molecule has 20 heavy (non-hydrogen) atoms. The summed E-state index contributed by atoms with van der Waals surface area (Å²) in [4.78, 5) is 16.0. The molecule has 4 nitrogen and oxygen atoms in total. The Balaban J connectivity index is 2.15. The minimum Gasteiger partial charge on any atom is -0.491 e. The van der Waals surface area contributed by atoms with Crippen LogP contribution < -0.4 is 10.1 Å². The summed E-state index contributed by atoms with van der Waals surface area (Å²) in [7, 11) is 0. The second-order valence-electron chi connectivity index (χ2n) is 3.89. The number of hydrogen-bond donors (Lipinski definition) is 1. The Bertz CT molecular complexity index is 634. The number of aromatic nitrogens is 1. The Morgan fingerprint density at radius 1 is 1.40 bits per heavy atom. The molecule has 0 bridgehead atoms. The summed E-state index contributed by atoms with van der Waals surface area (Å²) in [5, 5.41) is 2.59. The molecule has 1 N–H and O–H groups in total. The maximum Gasteiger partial charge on any atom is 0.256 e. The van der Waals surface area contributed by atoms with E-state index in [1.807, 2.05) is 0 Å². The van der Waals surface area contributed by atoms with Crippen molar-refractivity contribution in [2.75, 3.05) is 11.9 Å². The largest absolute Gasteiger partial charge is 0.491 e. The van der Waals surface area contributed by atoms with Crippen LogP contribution in [0.25, 0.3) is 0 Å². The molecule has 0 spiro atoms. The van der Waals surface area contributed by atoms with Crippen molar-refractivity contribution in [1.82, 2.24) is 4.98 Å². The number of carbonyl (C=O) groups excluding carboxylic acids is 1. The Hall–Kier alpha value is -1.95. The van der Waals surface area contributed by atoms with Gasteiger partial charge in [-0.1, -0.05) is 15.9 Å². The lowest BCUT2D eigenvalue weighted by Gasteiger charge is -2.07. The van der Waals surface area contributed by atoms with E-state index in [1.54, 1.807) is 25.3 Å². The number of ether oxygens (including phenoxy) is 1. The van der Waals surface area contributed by atoms with Gasteiger partial charge >= 0.3 is 0 Å². The van der Waals surface area contributed by atoms with Gasteiger partial charge in [-0.25, -0.2) is 9.37 Å². The van der Waals surface area contributed by atoms with Crippen LogP contribution in [0, 0.1) is 5.82 Å². The SMILES string of the molecule is CCOc1ccc(C(=O)Nc2cc(Br)ccn2)cc1F. The third kappa shape index (κ3) is 3.54. The van der Waals surface area contributed by atoms with Gasteiger partial charge < -0.3 is 10.1 Å². The van der Waals surface area contributed by atoms with Gasteiger partial charge in [0.25, 0.3) is 5.91 Å². The van der Waals surface area contributed by atoms with Crippen LogP contribution in [0.15, 0.2) is 41.0 Å². The highest BCUT2D eigenvalue weighted by molar-refractivity contribution is 9.10. The molecule has 104 valence electrons. The van der Waals surface area contributed by atoms with Gasteiger partial charge in [-0.3, -0.25) is 4.79 Å². The topological polar surface area (TPSA) is 51.2 Å². The van der Waals surface area contributed by atoms with Crippen LogP contribution in [0.3, 0.4) is 0 Å². The van der Waals surface area contributed by atoms with Gasteiger partial charge in [0.05, 0.1) is 6.61 Å². The minimum atomic E-state index is -0.568.